The van der Waals surface area contributed by atoms with Gasteiger partial charge in [-0.25, -0.2) is 8.42 Å². The van der Waals surface area contributed by atoms with Crippen LogP contribution in [0.15, 0.2) is 23.1 Å². The molecular formula is C14H21NO4S. The van der Waals surface area contributed by atoms with Gasteiger partial charge in [0, 0.05) is 12.6 Å². The van der Waals surface area contributed by atoms with Crippen LogP contribution in [0.3, 0.4) is 0 Å². The molecule has 1 aromatic carbocycles. The third-order valence-electron chi connectivity index (χ3n) is 3.59. The molecule has 1 N–H and O–H groups in total. The Balaban J connectivity index is 2.32. The van der Waals surface area contributed by atoms with E-state index in [1.165, 1.54) is 4.31 Å². The topological polar surface area (TPSA) is 66.8 Å². The summed E-state index contributed by atoms with van der Waals surface area (Å²) in [4.78, 5) is 0.263. The van der Waals surface area contributed by atoms with Crippen molar-refractivity contribution in [2.24, 2.45) is 0 Å². The Morgan fingerprint density at radius 1 is 1.45 bits per heavy atom. The molecule has 1 atom stereocenters. The zero-order valence-corrected chi connectivity index (χ0v) is 12.7. The van der Waals surface area contributed by atoms with E-state index in [1.54, 1.807) is 18.2 Å². The van der Waals surface area contributed by atoms with Gasteiger partial charge in [-0.1, -0.05) is 0 Å². The fourth-order valence-corrected chi connectivity index (χ4v) is 4.31. The van der Waals surface area contributed by atoms with Crippen LogP contribution in [-0.4, -0.2) is 43.6 Å². The van der Waals surface area contributed by atoms with Crippen molar-refractivity contribution in [1.82, 2.24) is 4.31 Å². The van der Waals surface area contributed by atoms with Crippen molar-refractivity contribution >= 4 is 10.0 Å². The highest BCUT2D eigenvalue weighted by Crippen LogP contribution is 2.28. The number of benzene rings is 1. The Kier molecular flexibility index (Phi) is 4.67. The summed E-state index contributed by atoms with van der Waals surface area (Å²) in [6, 6.07) is 4.59. The minimum absolute atomic E-state index is 0.130. The SMILES string of the molecule is CCOc1ccc(S(=O)(=O)N2CCC[C@@H]2CO)cc1C. The van der Waals surface area contributed by atoms with Gasteiger partial charge in [0.05, 0.1) is 18.1 Å². The molecule has 1 aromatic rings. The summed E-state index contributed by atoms with van der Waals surface area (Å²) in [6.07, 6.45) is 1.51. The predicted molar refractivity (Wildman–Crippen MR) is 76.3 cm³/mol. The zero-order chi connectivity index (χ0) is 14.8. The van der Waals surface area contributed by atoms with Gasteiger partial charge in [-0.3, -0.25) is 0 Å². The van der Waals surface area contributed by atoms with E-state index in [-0.39, 0.29) is 17.5 Å². The normalized spacial score (nSPS) is 20.2. The van der Waals surface area contributed by atoms with E-state index in [4.69, 9.17) is 4.74 Å². The molecule has 1 aliphatic rings. The molecule has 0 aliphatic carbocycles. The second-order valence-corrected chi connectivity index (χ2v) is 6.85. The summed E-state index contributed by atoms with van der Waals surface area (Å²) >= 11 is 0. The molecular weight excluding hydrogens is 278 g/mol. The smallest absolute Gasteiger partial charge is 0.243 e. The number of ether oxygens (including phenoxy) is 1. The van der Waals surface area contributed by atoms with Crippen LogP contribution in [0.1, 0.15) is 25.3 Å². The average Bonchev–Trinajstić information content (AvgIpc) is 2.90. The predicted octanol–water partition coefficient (Wildman–Crippen LogP) is 1.54. The summed E-state index contributed by atoms with van der Waals surface area (Å²) in [7, 11) is -3.54. The molecule has 2 rings (SSSR count). The van der Waals surface area contributed by atoms with Gasteiger partial charge >= 0.3 is 0 Å². The highest BCUT2D eigenvalue weighted by molar-refractivity contribution is 7.89. The number of hydrogen-bond donors (Lipinski definition) is 1. The van der Waals surface area contributed by atoms with Crippen molar-refractivity contribution in [3.63, 3.8) is 0 Å². The molecule has 0 bridgehead atoms. The van der Waals surface area contributed by atoms with Crippen molar-refractivity contribution in [2.75, 3.05) is 19.8 Å². The quantitative estimate of drug-likeness (QED) is 0.895. The van der Waals surface area contributed by atoms with Gasteiger partial charge < -0.3 is 9.84 Å². The van der Waals surface area contributed by atoms with Crippen LogP contribution in [0.25, 0.3) is 0 Å². The first-order valence-corrected chi connectivity index (χ1v) is 8.31. The highest BCUT2D eigenvalue weighted by atomic mass is 32.2. The van der Waals surface area contributed by atoms with Crippen molar-refractivity contribution in [2.45, 2.75) is 37.6 Å². The Morgan fingerprint density at radius 2 is 2.20 bits per heavy atom. The van der Waals surface area contributed by atoms with Crippen LogP contribution in [0.4, 0.5) is 0 Å². The molecule has 0 radical (unpaired) electrons. The second kappa shape index (κ2) is 6.11. The number of aliphatic hydroxyl groups is 1. The minimum atomic E-state index is -3.54. The van der Waals surface area contributed by atoms with Crippen LogP contribution in [0.5, 0.6) is 5.75 Å². The fraction of sp³-hybridized carbons (Fsp3) is 0.571. The summed E-state index contributed by atoms with van der Waals surface area (Å²) in [6.45, 7) is 4.61. The first-order chi connectivity index (χ1) is 9.50. The van der Waals surface area contributed by atoms with Gasteiger partial charge in [0.15, 0.2) is 0 Å². The lowest BCUT2D eigenvalue weighted by molar-refractivity contribution is 0.213. The zero-order valence-electron chi connectivity index (χ0n) is 11.9. The maximum atomic E-state index is 12.6. The lowest BCUT2D eigenvalue weighted by Crippen LogP contribution is -2.37. The third-order valence-corrected chi connectivity index (χ3v) is 5.53. The summed E-state index contributed by atoms with van der Waals surface area (Å²) in [5.41, 5.74) is 0.799. The number of sulfonamides is 1. The molecule has 112 valence electrons. The number of hydrogen-bond acceptors (Lipinski definition) is 4. The first-order valence-electron chi connectivity index (χ1n) is 6.87. The molecule has 20 heavy (non-hydrogen) atoms. The molecule has 0 aromatic heterocycles. The van der Waals surface area contributed by atoms with E-state index < -0.39 is 10.0 Å². The van der Waals surface area contributed by atoms with Gasteiger partial charge in [0.1, 0.15) is 5.75 Å². The summed E-state index contributed by atoms with van der Waals surface area (Å²) in [5.74, 6) is 0.701. The summed E-state index contributed by atoms with van der Waals surface area (Å²) in [5, 5.41) is 9.29. The monoisotopic (exact) mass is 299 g/mol. The maximum absolute atomic E-state index is 12.6. The molecule has 1 fully saturated rings. The van der Waals surface area contributed by atoms with Crippen LogP contribution in [0, 0.1) is 6.92 Å². The van der Waals surface area contributed by atoms with Crippen LogP contribution >= 0.6 is 0 Å². The van der Waals surface area contributed by atoms with E-state index in [0.717, 1.165) is 12.0 Å². The fourth-order valence-electron chi connectivity index (χ4n) is 2.54. The third kappa shape index (κ3) is 2.82. The Bertz CT molecular complexity index is 571. The van der Waals surface area contributed by atoms with Crippen molar-refractivity contribution in [3.8, 4) is 5.75 Å². The molecule has 1 saturated heterocycles. The van der Waals surface area contributed by atoms with E-state index in [1.807, 2.05) is 13.8 Å². The van der Waals surface area contributed by atoms with Crippen molar-refractivity contribution in [1.29, 1.82) is 0 Å². The van der Waals surface area contributed by atoms with Crippen LogP contribution in [-0.2, 0) is 10.0 Å². The number of nitrogens with zero attached hydrogens (tertiary/aromatic N) is 1. The van der Waals surface area contributed by atoms with E-state index in [9.17, 15) is 13.5 Å². The van der Waals surface area contributed by atoms with Gasteiger partial charge in [-0.2, -0.15) is 4.31 Å². The Morgan fingerprint density at radius 3 is 2.80 bits per heavy atom. The molecule has 0 spiro atoms. The summed E-state index contributed by atoms with van der Waals surface area (Å²) < 4.78 is 32.0. The average molecular weight is 299 g/mol. The minimum Gasteiger partial charge on any atom is -0.494 e. The molecule has 5 nitrogen and oxygen atoms in total. The van der Waals surface area contributed by atoms with E-state index in [0.29, 0.717) is 25.3 Å². The molecule has 1 aliphatic heterocycles. The molecule has 1 heterocycles. The van der Waals surface area contributed by atoms with Crippen LogP contribution < -0.4 is 4.74 Å². The van der Waals surface area contributed by atoms with Crippen LogP contribution in [0.2, 0.25) is 0 Å². The Hall–Kier alpha value is -1.11. The lowest BCUT2D eigenvalue weighted by atomic mass is 10.2. The van der Waals surface area contributed by atoms with E-state index in [2.05, 4.69) is 0 Å². The molecule has 6 heteroatoms. The Labute approximate surface area is 120 Å². The molecule has 0 saturated carbocycles. The largest absolute Gasteiger partial charge is 0.494 e. The van der Waals surface area contributed by atoms with Crippen molar-refractivity contribution in [3.05, 3.63) is 23.8 Å². The maximum Gasteiger partial charge on any atom is 0.243 e. The number of aliphatic hydroxyl groups excluding tert-OH is 1. The van der Waals surface area contributed by atoms with Gasteiger partial charge in [0.25, 0.3) is 0 Å². The lowest BCUT2D eigenvalue weighted by Gasteiger charge is -2.22. The molecule has 0 amide bonds. The second-order valence-electron chi connectivity index (χ2n) is 4.95. The van der Waals surface area contributed by atoms with E-state index >= 15 is 0 Å². The molecule has 0 unspecified atom stereocenters. The highest BCUT2D eigenvalue weighted by Gasteiger charge is 2.34. The standard InChI is InChI=1S/C14H21NO4S/c1-3-19-14-7-6-13(9-11(14)2)20(17,18)15-8-4-5-12(15)10-16/h6-7,9,12,16H,3-5,8,10H2,1-2H3/t12-/m1/s1. The number of rotatable bonds is 5. The number of aryl methyl sites for hydroxylation is 1. The first kappa shape index (κ1) is 15.3. The van der Waals surface area contributed by atoms with Gasteiger partial charge in [0.2, 0.25) is 10.0 Å². The van der Waals surface area contributed by atoms with Crippen molar-refractivity contribution < 1.29 is 18.3 Å². The van der Waals surface area contributed by atoms with Gasteiger partial charge in [-0.15, -0.1) is 0 Å². The van der Waals surface area contributed by atoms with Gasteiger partial charge in [-0.05, 0) is 50.5 Å².